The van der Waals surface area contributed by atoms with Gasteiger partial charge in [-0.15, -0.1) is 0 Å². The first-order valence-electron chi connectivity index (χ1n) is 9.47. The van der Waals surface area contributed by atoms with Gasteiger partial charge < -0.3 is 14.4 Å². The number of aliphatic imine (C=N–C) groups is 1. The lowest BCUT2D eigenvalue weighted by Crippen LogP contribution is -2.14. The molecule has 0 amide bonds. The maximum absolute atomic E-state index is 6.01. The van der Waals surface area contributed by atoms with Crippen molar-refractivity contribution in [2.45, 2.75) is 27.2 Å². The van der Waals surface area contributed by atoms with E-state index in [-0.39, 0.29) is 0 Å². The Bertz CT molecular complexity index is 1000. The average Bonchev–Trinajstić information content (AvgIpc) is 3.16. The maximum Gasteiger partial charge on any atom is 0.298 e. The van der Waals surface area contributed by atoms with Crippen LogP contribution in [0.1, 0.15) is 29.4 Å². The predicted molar refractivity (Wildman–Crippen MR) is 118 cm³/mol. The fourth-order valence-electron chi connectivity index (χ4n) is 2.68. The molecule has 0 aliphatic heterocycles. The summed E-state index contributed by atoms with van der Waals surface area (Å²) < 4.78 is 15.7. The molecule has 1 heterocycles. The summed E-state index contributed by atoms with van der Waals surface area (Å²) in [6.07, 6.45) is 2.48. The zero-order chi connectivity index (χ0) is 20.8. The molecule has 0 radical (unpaired) electrons. The van der Waals surface area contributed by atoms with Crippen molar-refractivity contribution in [1.82, 2.24) is 14.3 Å². The van der Waals surface area contributed by atoms with Crippen molar-refractivity contribution in [2.75, 3.05) is 20.7 Å². The van der Waals surface area contributed by atoms with Gasteiger partial charge in [-0.2, -0.15) is 9.36 Å². The van der Waals surface area contributed by atoms with Gasteiger partial charge in [-0.05, 0) is 61.7 Å². The molecule has 152 valence electrons. The quantitative estimate of drug-likeness (QED) is 0.379. The molecule has 0 saturated carbocycles. The standard InChI is InChI=1S/C22H26N4O2S/c1-6-26(4)14-23-19-10-16(3)20(11-15(19)2)28-22-24-21(25-29-22)13-17-8-7-9-18(12-17)27-5/h7-12,14H,6,13H2,1-5H3/b23-14+. The van der Waals surface area contributed by atoms with E-state index in [1.807, 2.05) is 68.5 Å². The number of hydrogen-bond donors (Lipinski definition) is 0. The van der Waals surface area contributed by atoms with Crippen LogP contribution in [0.2, 0.25) is 0 Å². The highest BCUT2D eigenvalue weighted by molar-refractivity contribution is 7.07. The summed E-state index contributed by atoms with van der Waals surface area (Å²) in [4.78, 5) is 11.1. The lowest BCUT2D eigenvalue weighted by atomic mass is 10.1. The molecule has 0 saturated heterocycles. The van der Waals surface area contributed by atoms with Crippen molar-refractivity contribution in [3.05, 3.63) is 58.9 Å². The molecule has 29 heavy (non-hydrogen) atoms. The number of aryl methyl sites for hydroxylation is 2. The van der Waals surface area contributed by atoms with Gasteiger partial charge in [0.15, 0.2) is 5.82 Å². The Morgan fingerprint density at radius 1 is 1.17 bits per heavy atom. The lowest BCUT2D eigenvalue weighted by Gasteiger charge is -2.11. The van der Waals surface area contributed by atoms with E-state index in [4.69, 9.17) is 9.47 Å². The third-order valence-corrected chi connectivity index (χ3v) is 5.16. The number of methoxy groups -OCH3 is 1. The minimum Gasteiger partial charge on any atom is -0.497 e. The molecule has 2 aromatic carbocycles. The summed E-state index contributed by atoms with van der Waals surface area (Å²) in [6, 6.07) is 11.9. The van der Waals surface area contributed by atoms with Crippen molar-refractivity contribution in [3.63, 3.8) is 0 Å². The number of ether oxygens (including phenoxy) is 2. The van der Waals surface area contributed by atoms with Gasteiger partial charge in [-0.1, -0.05) is 12.1 Å². The monoisotopic (exact) mass is 410 g/mol. The largest absolute Gasteiger partial charge is 0.497 e. The molecule has 3 aromatic rings. The Hall–Kier alpha value is -2.93. The molecule has 0 spiro atoms. The van der Waals surface area contributed by atoms with E-state index in [1.165, 1.54) is 11.5 Å². The van der Waals surface area contributed by atoms with Gasteiger partial charge in [0.2, 0.25) is 0 Å². The first-order chi connectivity index (χ1) is 14.0. The average molecular weight is 411 g/mol. The van der Waals surface area contributed by atoms with Gasteiger partial charge in [0.25, 0.3) is 5.19 Å². The summed E-state index contributed by atoms with van der Waals surface area (Å²) in [5.41, 5.74) is 4.09. The van der Waals surface area contributed by atoms with Gasteiger partial charge >= 0.3 is 0 Å². The molecule has 0 unspecified atom stereocenters. The fourth-order valence-corrected chi connectivity index (χ4v) is 3.24. The number of nitrogens with zero attached hydrogens (tertiary/aromatic N) is 4. The van der Waals surface area contributed by atoms with Crippen LogP contribution in [0.5, 0.6) is 16.7 Å². The van der Waals surface area contributed by atoms with E-state index in [2.05, 4.69) is 21.3 Å². The second-order valence-corrected chi connectivity index (χ2v) is 7.54. The summed E-state index contributed by atoms with van der Waals surface area (Å²) in [5.74, 6) is 2.33. The zero-order valence-electron chi connectivity index (χ0n) is 17.5. The Morgan fingerprint density at radius 2 is 2.00 bits per heavy atom. The van der Waals surface area contributed by atoms with E-state index in [1.54, 1.807) is 7.11 Å². The second-order valence-electron chi connectivity index (χ2n) is 6.83. The maximum atomic E-state index is 6.01. The van der Waals surface area contributed by atoms with Gasteiger partial charge in [0.1, 0.15) is 11.5 Å². The van der Waals surface area contributed by atoms with Gasteiger partial charge in [0.05, 0.1) is 19.1 Å². The van der Waals surface area contributed by atoms with Crippen LogP contribution in [0.15, 0.2) is 41.4 Å². The van der Waals surface area contributed by atoms with E-state index >= 15 is 0 Å². The molecule has 0 aliphatic carbocycles. The third-order valence-electron chi connectivity index (χ3n) is 4.53. The Labute approximate surface area is 176 Å². The lowest BCUT2D eigenvalue weighted by molar-refractivity contribution is 0.414. The van der Waals surface area contributed by atoms with Crippen LogP contribution in [0.25, 0.3) is 0 Å². The number of aromatic nitrogens is 2. The molecular formula is C22H26N4O2S. The smallest absolute Gasteiger partial charge is 0.298 e. The van der Waals surface area contributed by atoms with Crippen LogP contribution >= 0.6 is 11.5 Å². The topological polar surface area (TPSA) is 59.8 Å². The summed E-state index contributed by atoms with van der Waals surface area (Å²) in [5, 5.41) is 0.535. The van der Waals surface area contributed by atoms with Crippen LogP contribution < -0.4 is 9.47 Å². The molecule has 0 N–H and O–H groups in total. The first-order valence-corrected chi connectivity index (χ1v) is 10.2. The molecule has 7 heteroatoms. The van der Waals surface area contributed by atoms with Gasteiger partial charge in [-0.3, -0.25) is 0 Å². The summed E-state index contributed by atoms with van der Waals surface area (Å²) in [6.45, 7) is 7.04. The molecule has 1 aromatic heterocycles. The molecular weight excluding hydrogens is 384 g/mol. The SMILES string of the molecule is CCN(C)/C=N/c1cc(C)c(Oc2nc(Cc3cccc(OC)c3)ns2)cc1C. The van der Waals surface area contributed by atoms with E-state index in [0.717, 1.165) is 46.2 Å². The van der Waals surface area contributed by atoms with Crippen molar-refractivity contribution >= 4 is 23.6 Å². The molecule has 0 bridgehead atoms. The highest BCUT2D eigenvalue weighted by atomic mass is 32.1. The number of hydrogen-bond acceptors (Lipinski definition) is 6. The van der Waals surface area contributed by atoms with Crippen molar-refractivity contribution < 1.29 is 9.47 Å². The minimum atomic E-state index is 0.535. The molecule has 0 fully saturated rings. The van der Waals surface area contributed by atoms with Gasteiger partial charge in [-0.25, -0.2) is 4.99 Å². The second kappa shape index (κ2) is 9.52. The van der Waals surface area contributed by atoms with Crippen LogP contribution in [-0.2, 0) is 6.42 Å². The number of benzene rings is 2. The summed E-state index contributed by atoms with van der Waals surface area (Å²) >= 11 is 1.26. The third kappa shape index (κ3) is 5.54. The normalized spacial score (nSPS) is 11.1. The highest BCUT2D eigenvalue weighted by Gasteiger charge is 2.11. The molecule has 3 rings (SSSR count). The van der Waals surface area contributed by atoms with Gasteiger partial charge in [0, 0.05) is 31.5 Å². The minimum absolute atomic E-state index is 0.535. The van der Waals surface area contributed by atoms with Crippen LogP contribution in [0.3, 0.4) is 0 Å². The molecule has 0 aliphatic rings. The highest BCUT2D eigenvalue weighted by Crippen LogP contribution is 2.32. The number of rotatable bonds is 8. The van der Waals surface area contributed by atoms with Crippen LogP contribution in [0.4, 0.5) is 5.69 Å². The zero-order valence-corrected chi connectivity index (χ0v) is 18.3. The Kier molecular flexibility index (Phi) is 6.82. The van der Waals surface area contributed by atoms with E-state index in [9.17, 15) is 0 Å². The fraction of sp³-hybridized carbons (Fsp3) is 0.318. The summed E-state index contributed by atoms with van der Waals surface area (Å²) in [7, 11) is 3.66. The van der Waals surface area contributed by atoms with E-state index < -0.39 is 0 Å². The van der Waals surface area contributed by atoms with Crippen LogP contribution in [-0.4, -0.2) is 41.3 Å². The van der Waals surface area contributed by atoms with E-state index in [0.29, 0.717) is 11.6 Å². The molecule has 6 nitrogen and oxygen atoms in total. The van der Waals surface area contributed by atoms with Crippen molar-refractivity contribution in [3.8, 4) is 16.7 Å². The van der Waals surface area contributed by atoms with Crippen LogP contribution in [0, 0.1) is 13.8 Å². The predicted octanol–water partition coefficient (Wildman–Crippen LogP) is 5.16. The molecule has 0 atom stereocenters. The van der Waals surface area contributed by atoms with Crippen molar-refractivity contribution in [2.24, 2.45) is 4.99 Å². The van der Waals surface area contributed by atoms with Crippen molar-refractivity contribution in [1.29, 1.82) is 0 Å². The first kappa shape index (κ1) is 20.8. The Morgan fingerprint density at radius 3 is 2.76 bits per heavy atom. The Balaban J connectivity index is 1.72.